The molecule has 2 rings (SSSR count). The summed E-state index contributed by atoms with van der Waals surface area (Å²) in [7, 11) is 1.87. The van der Waals surface area contributed by atoms with Gasteiger partial charge in [-0.25, -0.2) is 0 Å². The largest absolute Gasteiger partial charge is 0.390 e. The molecule has 0 saturated carbocycles. The summed E-state index contributed by atoms with van der Waals surface area (Å²) in [5.41, 5.74) is 2.20. The second kappa shape index (κ2) is 4.68. The number of hydrogen-bond donors (Lipinski definition) is 1. The minimum absolute atomic E-state index is 0.0230. The van der Waals surface area contributed by atoms with Gasteiger partial charge in [0.2, 0.25) is 0 Å². The van der Waals surface area contributed by atoms with Crippen LogP contribution in [0.4, 0.5) is 13.2 Å². The predicted molar refractivity (Wildman–Crippen MR) is 57.6 cm³/mol. The molecule has 1 aliphatic carbocycles. The van der Waals surface area contributed by atoms with Crippen molar-refractivity contribution < 1.29 is 13.2 Å². The Hall–Kier alpha value is -1.04. The second-order valence-corrected chi connectivity index (χ2v) is 4.43. The molecule has 6 heteroatoms. The molecular formula is C11H16F3N3. The summed E-state index contributed by atoms with van der Waals surface area (Å²) in [4.78, 5) is 0. The van der Waals surface area contributed by atoms with Gasteiger partial charge >= 0.3 is 6.18 Å². The van der Waals surface area contributed by atoms with Gasteiger partial charge in [0.25, 0.3) is 0 Å². The van der Waals surface area contributed by atoms with E-state index >= 15 is 0 Å². The van der Waals surface area contributed by atoms with Gasteiger partial charge in [-0.3, -0.25) is 4.68 Å². The van der Waals surface area contributed by atoms with Crippen LogP contribution in [0, 0.1) is 0 Å². The van der Waals surface area contributed by atoms with E-state index in [1.54, 1.807) is 6.20 Å². The van der Waals surface area contributed by atoms with Crippen molar-refractivity contribution in [1.29, 1.82) is 0 Å². The van der Waals surface area contributed by atoms with E-state index in [0.29, 0.717) is 0 Å². The summed E-state index contributed by atoms with van der Waals surface area (Å²) in [6.07, 6.45) is -0.256. The van der Waals surface area contributed by atoms with E-state index in [1.165, 1.54) is 0 Å². The first-order valence-electron chi connectivity index (χ1n) is 5.78. The van der Waals surface area contributed by atoms with Gasteiger partial charge in [0.05, 0.1) is 12.6 Å². The highest BCUT2D eigenvalue weighted by Gasteiger charge is 2.28. The Kier molecular flexibility index (Phi) is 3.42. The van der Waals surface area contributed by atoms with Crippen molar-refractivity contribution in [3.05, 3.63) is 17.5 Å². The SMILES string of the molecule is Cn1ncc2c1CCCC2NCCC(F)(F)F. The molecule has 0 aliphatic heterocycles. The van der Waals surface area contributed by atoms with E-state index in [0.717, 1.165) is 30.5 Å². The van der Waals surface area contributed by atoms with Crippen molar-refractivity contribution in [2.45, 2.75) is 37.9 Å². The fraction of sp³-hybridized carbons (Fsp3) is 0.727. The Morgan fingerprint density at radius 1 is 1.53 bits per heavy atom. The van der Waals surface area contributed by atoms with E-state index in [2.05, 4.69) is 10.4 Å². The van der Waals surface area contributed by atoms with Gasteiger partial charge in [0, 0.05) is 30.9 Å². The molecule has 0 fully saturated rings. The third-order valence-electron chi connectivity index (χ3n) is 3.17. The Balaban J connectivity index is 1.95. The van der Waals surface area contributed by atoms with E-state index in [4.69, 9.17) is 0 Å². The van der Waals surface area contributed by atoms with Gasteiger partial charge in [-0.15, -0.1) is 0 Å². The van der Waals surface area contributed by atoms with Gasteiger partial charge in [0.1, 0.15) is 0 Å². The van der Waals surface area contributed by atoms with Crippen molar-refractivity contribution in [2.75, 3.05) is 6.54 Å². The number of aryl methyl sites for hydroxylation is 1. The molecular weight excluding hydrogens is 231 g/mol. The van der Waals surface area contributed by atoms with Gasteiger partial charge in [0.15, 0.2) is 0 Å². The Labute approximate surface area is 98.0 Å². The minimum atomic E-state index is -4.08. The van der Waals surface area contributed by atoms with Crippen molar-refractivity contribution in [2.24, 2.45) is 7.05 Å². The zero-order valence-electron chi connectivity index (χ0n) is 9.72. The molecule has 96 valence electrons. The molecule has 1 N–H and O–H groups in total. The zero-order valence-corrected chi connectivity index (χ0v) is 9.72. The highest BCUT2D eigenvalue weighted by atomic mass is 19.4. The average Bonchev–Trinajstić information content (AvgIpc) is 2.60. The van der Waals surface area contributed by atoms with Crippen molar-refractivity contribution in [1.82, 2.24) is 15.1 Å². The molecule has 1 atom stereocenters. The predicted octanol–water partition coefficient (Wildman–Crippen LogP) is 2.34. The van der Waals surface area contributed by atoms with E-state index in [-0.39, 0.29) is 12.6 Å². The maximum atomic E-state index is 12.1. The number of halogens is 3. The van der Waals surface area contributed by atoms with E-state index in [9.17, 15) is 13.2 Å². The summed E-state index contributed by atoms with van der Waals surface area (Å²) >= 11 is 0. The van der Waals surface area contributed by atoms with E-state index in [1.807, 2.05) is 11.7 Å². The number of fused-ring (bicyclic) bond motifs is 1. The van der Waals surface area contributed by atoms with Gasteiger partial charge in [-0.2, -0.15) is 18.3 Å². The maximum Gasteiger partial charge on any atom is 0.390 e. The van der Waals surface area contributed by atoms with E-state index < -0.39 is 12.6 Å². The Morgan fingerprint density at radius 3 is 3.00 bits per heavy atom. The molecule has 0 bridgehead atoms. The number of rotatable bonds is 3. The second-order valence-electron chi connectivity index (χ2n) is 4.43. The topological polar surface area (TPSA) is 29.9 Å². The van der Waals surface area contributed by atoms with Crippen LogP contribution in [0.25, 0.3) is 0 Å². The molecule has 17 heavy (non-hydrogen) atoms. The molecule has 0 aromatic carbocycles. The van der Waals surface area contributed by atoms with Crippen LogP contribution in [0.5, 0.6) is 0 Å². The monoisotopic (exact) mass is 247 g/mol. The highest BCUT2D eigenvalue weighted by Crippen LogP contribution is 2.29. The Morgan fingerprint density at radius 2 is 2.29 bits per heavy atom. The van der Waals surface area contributed by atoms with Crippen LogP contribution >= 0.6 is 0 Å². The zero-order chi connectivity index (χ0) is 12.5. The van der Waals surface area contributed by atoms with Crippen LogP contribution in [-0.2, 0) is 13.5 Å². The summed E-state index contributed by atoms with van der Waals surface area (Å²) in [6, 6.07) is 0.0230. The molecule has 0 saturated heterocycles. The molecule has 3 nitrogen and oxygen atoms in total. The normalized spacial score (nSPS) is 20.4. The Bertz CT molecular complexity index is 384. The van der Waals surface area contributed by atoms with Crippen LogP contribution in [0.15, 0.2) is 6.20 Å². The van der Waals surface area contributed by atoms with Gasteiger partial charge < -0.3 is 5.32 Å². The summed E-state index contributed by atoms with van der Waals surface area (Å²) in [6.45, 7) is -0.0253. The van der Waals surface area contributed by atoms with Crippen LogP contribution in [0.3, 0.4) is 0 Å². The van der Waals surface area contributed by atoms with Crippen molar-refractivity contribution in [3.63, 3.8) is 0 Å². The summed E-state index contributed by atoms with van der Waals surface area (Å²) in [5, 5.41) is 7.13. The summed E-state index contributed by atoms with van der Waals surface area (Å²) in [5.74, 6) is 0. The first kappa shape index (κ1) is 12.4. The lowest BCUT2D eigenvalue weighted by molar-refractivity contribution is -0.133. The van der Waals surface area contributed by atoms with Crippen molar-refractivity contribution in [3.8, 4) is 0 Å². The number of aromatic nitrogens is 2. The average molecular weight is 247 g/mol. The lowest BCUT2D eigenvalue weighted by Gasteiger charge is -2.24. The van der Waals surface area contributed by atoms with Gasteiger partial charge in [-0.1, -0.05) is 0 Å². The lowest BCUT2D eigenvalue weighted by Crippen LogP contribution is -2.28. The quantitative estimate of drug-likeness (QED) is 0.888. The number of nitrogens with one attached hydrogen (secondary N) is 1. The van der Waals surface area contributed by atoms with Crippen LogP contribution in [0.2, 0.25) is 0 Å². The molecule has 1 aromatic heterocycles. The maximum absolute atomic E-state index is 12.1. The van der Waals surface area contributed by atoms with Crippen LogP contribution in [0.1, 0.15) is 36.6 Å². The molecule has 1 unspecified atom stereocenters. The van der Waals surface area contributed by atoms with Crippen LogP contribution in [-0.4, -0.2) is 22.5 Å². The fourth-order valence-electron chi connectivity index (χ4n) is 2.31. The highest BCUT2D eigenvalue weighted by molar-refractivity contribution is 5.24. The lowest BCUT2D eigenvalue weighted by atomic mass is 9.93. The summed E-state index contributed by atoms with van der Waals surface area (Å²) < 4.78 is 38.0. The van der Waals surface area contributed by atoms with Crippen molar-refractivity contribution >= 4 is 0 Å². The third kappa shape index (κ3) is 3.00. The first-order valence-corrected chi connectivity index (χ1v) is 5.78. The first-order chi connectivity index (χ1) is 7.97. The van der Waals surface area contributed by atoms with Gasteiger partial charge in [-0.05, 0) is 19.3 Å². The van der Waals surface area contributed by atoms with Crippen LogP contribution < -0.4 is 5.32 Å². The molecule has 1 heterocycles. The molecule has 1 aromatic rings. The standard InChI is InChI=1S/C11H16F3N3/c1-17-10-4-2-3-9(8(10)7-16-17)15-6-5-11(12,13)14/h7,9,15H,2-6H2,1H3. The fourth-order valence-corrected chi connectivity index (χ4v) is 2.31. The number of hydrogen-bond acceptors (Lipinski definition) is 2. The third-order valence-corrected chi connectivity index (χ3v) is 3.17. The number of nitrogens with zero attached hydrogens (tertiary/aromatic N) is 2. The molecule has 0 spiro atoms. The smallest absolute Gasteiger partial charge is 0.309 e. The molecule has 1 aliphatic rings. The number of alkyl halides is 3. The minimum Gasteiger partial charge on any atom is -0.309 e. The molecule has 0 amide bonds. The molecule has 0 radical (unpaired) electrons.